The highest BCUT2D eigenvalue weighted by Crippen LogP contribution is 2.25. The highest BCUT2D eigenvalue weighted by Gasteiger charge is 2.31. The summed E-state index contributed by atoms with van der Waals surface area (Å²) in [4.78, 5) is 4.02. The SMILES string of the molecule is COC1N=CC(F)=CC1[C@H]1CCCN1. The van der Waals surface area contributed by atoms with Gasteiger partial charge in [0.25, 0.3) is 0 Å². The van der Waals surface area contributed by atoms with Crippen LogP contribution >= 0.6 is 0 Å². The maximum atomic E-state index is 13.0. The van der Waals surface area contributed by atoms with E-state index in [9.17, 15) is 4.39 Å². The first kappa shape index (κ1) is 9.80. The lowest BCUT2D eigenvalue weighted by molar-refractivity contribution is 0.0622. The maximum Gasteiger partial charge on any atom is 0.155 e. The molecule has 0 aromatic heterocycles. The van der Waals surface area contributed by atoms with E-state index >= 15 is 0 Å². The van der Waals surface area contributed by atoms with Gasteiger partial charge in [-0.15, -0.1) is 0 Å². The van der Waals surface area contributed by atoms with E-state index in [0.29, 0.717) is 6.04 Å². The lowest BCUT2D eigenvalue weighted by Gasteiger charge is -2.27. The van der Waals surface area contributed by atoms with Gasteiger partial charge in [0, 0.05) is 19.1 Å². The van der Waals surface area contributed by atoms with Gasteiger partial charge in [0.1, 0.15) is 5.83 Å². The summed E-state index contributed by atoms with van der Waals surface area (Å²) in [5.41, 5.74) is 0. The van der Waals surface area contributed by atoms with E-state index in [0.717, 1.165) is 19.4 Å². The number of nitrogens with zero attached hydrogens (tertiary/aromatic N) is 1. The lowest BCUT2D eigenvalue weighted by Crippen LogP contribution is -2.38. The molecule has 1 N–H and O–H groups in total. The smallest absolute Gasteiger partial charge is 0.155 e. The van der Waals surface area contributed by atoms with Gasteiger partial charge < -0.3 is 10.1 Å². The van der Waals surface area contributed by atoms with Crippen LogP contribution in [0.3, 0.4) is 0 Å². The highest BCUT2D eigenvalue weighted by molar-refractivity contribution is 5.76. The fourth-order valence-corrected chi connectivity index (χ4v) is 2.13. The highest BCUT2D eigenvalue weighted by atomic mass is 19.1. The van der Waals surface area contributed by atoms with Crippen molar-refractivity contribution in [2.45, 2.75) is 25.1 Å². The van der Waals surface area contributed by atoms with Crippen LogP contribution in [0.25, 0.3) is 0 Å². The maximum absolute atomic E-state index is 13.0. The molecule has 2 aliphatic rings. The molecule has 0 aromatic carbocycles. The quantitative estimate of drug-likeness (QED) is 0.724. The van der Waals surface area contributed by atoms with E-state index in [-0.39, 0.29) is 18.0 Å². The summed E-state index contributed by atoms with van der Waals surface area (Å²) in [6.07, 6.45) is 4.84. The summed E-state index contributed by atoms with van der Waals surface area (Å²) < 4.78 is 18.2. The standard InChI is InChI=1S/C10H15FN2O/c1-14-10-8(5-7(11)6-13-10)9-3-2-4-12-9/h5-6,8-10,12H,2-4H2,1H3/t8?,9-,10?/m1/s1. The van der Waals surface area contributed by atoms with Crippen LogP contribution in [0.1, 0.15) is 12.8 Å². The second-order valence-electron chi connectivity index (χ2n) is 3.74. The molecule has 0 aromatic rings. The molecule has 2 heterocycles. The largest absolute Gasteiger partial charge is 0.359 e. The van der Waals surface area contributed by atoms with Crippen LogP contribution < -0.4 is 5.32 Å². The number of ether oxygens (including phenoxy) is 1. The molecule has 0 saturated carbocycles. The third-order valence-electron chi connectivity index (χ3n) is 2.83. The summed E-state index contributed by atoms with van der Waals surface area (Å²) >= 11 is 0. The molecule has 2 rings (SSSR count). The van der Waals surface area contributed by atoms with Crippen molar-refractivity contribution in [1.82, 2.24) is 5.32 Å². The molecule has 0 spiro atoms. The van der Waals surface area contributed by atoms with Crippen LogP contribution in [-0.4, -0.2) is 32.1 Å². The fraction of sp³-hybridized carbons (Fsp3) is 0.700. The molecular formula is C10H15FN2O. The second kappa shape index (κ2) is 4.19. The topological polar surface area (TPSA) is 33.6 Å². The Hall–Kier alpha value is -0.740. The molecule has 1 saturated heterocycles. The van der Waals surface area contributed by atoms with Crippen molar-refractivity contribution in [3.8, 4) is 0 Å². The minimum atomic E-state index is -0.253. The second-order valence-corrected chi connectivity index (χ2v) is 3.74. The molecule has 0 radical (unpaired) electrons. The molecule has 14 heavy (non-hydrogen) atoms. The molecular weight excluding hydrogens is 183 g/mol. The number of aliphatic imine (C=N–C) groups is 1. The van der Waals surface area contributed by atoms with Gasteiger partial charge in [0.2, 0.25) is 0 Å². The number of nitrogens with one attached hydrogen (secondary N) is 1. The van der Waals surface area contributed by atoms with Gasteiger partial charge in [0.05, 0.1) is 6.21 Å². The summed E-state index contributed by atoms with van der Waals surface area (Å²) in [5.74, 6) is -0.218. The monoisotopic (exact) mass is 198 g/mol. The Morgan fingerprint density at radius 3 is 3.14 bits per heavy atom. The number of methoxy groups -OCH3 is 1. The molecule has 4 heteroatoms. The zero-order chi connectivity index (χ0) is 9.97. The molecule has 0 amide bonds. The van der Waals surface area contributed by atoms with Crippen molar-refractivity contribution in [2.75, 3.05) is 13.7 Å². The van der Waals surface area contributed by atoms with Crippen LogP contribution in [0.5, 0.6) is 0 Å². The van der Waals surface area contributed by atoms with E-state index in [1.807, 2.05) is 0 Å². The molecule has 2 unspecified atom stereocenters. The molecule has 0 aliphatic carbocycles. The van der Waals surface area contributed by atoms with Gasteiger partial charge in [-0.25, -0.2) is 4.39 Å². The van der Waals surface area contributed by atoms with E-state index in [4.69, 9.17) is 4.74 Å². The summed E-state index contributed by atoms with van der Waals surface area (Å²) in [7, 11) is 1.61. The average molecular weight is 198 g/mol. The van der Waals surface area contributed by atoms with Crippen molar-refractivity contribution in [2.24, 2.45) is 10.9 Å². The van der Waals surface area contributed by atoms with Gasteiger partial charge in [-0.2, -0.15) is 0 Å². The van der Waals surface area contributed by atoms with Crippen LogP contribution in [0, 0.1) is 5.92 Å². The molecule has 1 fully saturated rings. The average Bonchev–Trinajstić information content (AvgIpc) is 2.70. The lowest BCUT2D eigenvalue weighted by atomic mass is 9.94. The van der Waals surface area contributed by atoms with Gasteiger partial charge in [-0.1, -0.05) is 0 Å². The van der Waals surface area contributed by atoms with Crippen molar-refractivity contribution >= 4 is 6.21 Å². The molecule has 3 nitrogen and oxygen atoms in total. The van der Waals surface area contributed by atoms with E-state index < -0.39 is 0 Å². The Bertz CT molecular complexity index is 259. The van der Waals surface area contributed by atoms with Crippen molar-refractivity contribution in [1.29, 1.82) is 0 Å². The fourth-order valence-electron chi connectivity index (χ4n) is 2.13. The minimum Gasteiger partial charge on any atom is -0.359 e. The van der Waals surface area contributed by atoms with Gasteiger partial charge in [-0.05, 0) is 25.5 Å². The van der Waals surface area contributed by atoms with Crippen LogP contribution in [0.15, 0.2) is 16.9 Å². The number of halogens is 1. The van der Waals surface area contributed by atoms with E-state index in [1.165, 1.54) is 6.21 Å². The van der Waals surface area contributed by atoms with Crippen molar-refractivity contribution in [3.63, 3.8) is 0 Å². The van der Waals surface area contributed by atoms with E-state index in [1.54, 1.807) is 13.2 Å². The summed E-state index contributed by atoms with van der Waals surface area (Å²) in [6, 6.07) is 0.308. The third-order valence-corrected chi connectivity index (χ3v) is 2.83. The zero-order valence-electron chi connectivity index (χ0n) is 8.24. The van der Waals surface area contributed by atoms with Crippen LogP contribution in [0.2, 0.25) is 0 Å². The molecule has 0 bridgehead atoms. The molecule has 3 atom stereocenters. The van der Waals surface area contributed by atoms with Crippen molar-refractivity contribution in [3.05, 3.63) is 11.9 Å². The number of allylic oxidation sites excluding steroid dienone is 1. The number of hydrogen-bond acceptors (Lipinski definition) is 3. The van der Waals surface area contributed by atoms with Gasteiger partial charge in [0.15, 0.2) is 6.23 Å². The first-order chi connectivity index (χ1) is 6.81. The number of rotatable bonds is 2. The van der Waals surface area contributed by atoms with Crippen LogP contribution in [0.4, 0.5) is 4.39 Å². The Morgan fingerprint density at radius 1 is 1.64 bits per heavy atom. The first-order valence-corrected chi connectivity index (χ1v) is 4.98. The number of hydrogen-bond donors (Lipinski definition) is 1. The Morgan fingerprint density at radius 2 is 2.50 bits per heavy atom. The zero-order valence-corrected chi connectivity index (χ0v) is 8.24. The van der Waals surface area contributed by atoms with Gasteiger partial charge >= 0.3 is 0 Å². The van der Waals surface area contributed by atoms with Gasteiger partial charge in [-0.3, -0.25) is 4.99 Å². The summed E-state index contributed by atoms with van der Waals surface area (Å²) in [6.45, 7) is 1.01. The van der Waals surface area contributed by atoms with E-state index in [2.05, 4.69) is 10.3 Å². The Balaban J connectivity index is 2.10. The molecule has 78 valence electrons. The Labute approximate surface area is 83.0 Å². The predicted molar refractivity (Wildman–Crippen MR) is 53.0 cm³/mol. The van der Waals surface area contributed by atoms with Crippen molar-refractivity contribution < 1.29 is 9.13 Å². The van der Waals surface area contributed by atoms with Crippen LogP contribution in [-0.2, 0) is 4.74 Å². The predicted octanol–water partition coefficient (Wildman–Crippen LogP) is 1.26. The molecule has 2 aliphatic heterocycles. The number of dihydropyridines is 1. The third kappa shape index (κ3) is 1.86. The first-order valence-electron chi connectivity index (χ1n) is 4.98. The Kier molecular flexibility index (Phi) is 2.93. The normalized spacial score (nSPS) is 37.3. The summed E-state index contributed by atoms with van der Waals surface area (Å²) in [5, 5.41) is 3.35. The minimum absolute atomic E-state index is 0.0347.